The van der Waals surface area contributed by atoms with E-state index >= 15 is 0 Å². The number of hydrogen-bond acceptors (Lipinski definition) is 8. The van der Waals surface area contributed by atoms with Crippen molar-refractivity contribution in [2.75, 3.05) is 13.1 Å². The lowest BCUT2D eigenvalue weighted by molar-refractivity contribution is -0.148. The third-order valence-corrected chi connectivity index (χ3v) is 8.28. The van der Waals surface area contributed by atoms with Gasteiger partial charge in [0.25, 0.3) is 5.91 Å². The summed E-state index contributed by atoms with van der Waals surface area (Å²) in [6.45, 7) is 5.34. The van der Waals surface area contributed by atoms with Gasteiger partial charge in [0.2, 0.25) is 29.5 Å². The Bertz CT molecular complexity index is 1610. The monoisotopic (exact) mass is 751 g/mol. The predicted molar refractivity (Wildman–Crippen MR) is 204 cm³/mol. The van der Waals surface area contributed by atoms with Crippen molar-refractivity contribution in [2.45, 2.75) is 89.9 Å². The number of carbonyl (C=O) groups is 6. The Labute approximate surface area is 315 Å². The van der Waals surface area contributed by atoms with E-state index in [1.807, 2.05) is 13.8 Å². The van der Waals surface area contributed by atoms with E-state index in [1.165, 1.54) is 36.4 Å². The maximum Gasteiger partial charge on any atom is 0.253 e. The summed E-state index contributed by atoms with van der Waals surface area (Å²) in [6.07, 6.45) is 4.15. The van der Waals surface area contributed by atoms with Crippen LogP contribution in [0.2, 0.25) is 0 Å². The number of nitrogens with one attached hydrogen (secondary N) is 3. The summed E-state index contributed by atoms with van der Waals surface area (Å²) >= 11 is 0. The van der Waals surface area contributed by atoms with E-state index in [0.29, 0.717) is 36.9 Å². The van der Waals surface area contributed by atoms with Gasteiger partial charge in [-0.3, -0.25) is 38.7 Å². The lowest BCUT2D eigenvalue weighted by atomic mass is 10.00. The van der Waals surface area contributed by atoms with E-state index in [9.17, 15) is 33.2 Å². The number of rotatable bonds is 22. The number of aliphatic imine (C=N–C) groups is 1. The zero-order valence-corrected chi connectivity index (χ0v) is 31.1. The van der Waals surface area contributed by atoms with E-state index in [1.54, 1.807) is 30.3 Å². The van der Waals surface area contributed by atoms with Gasteiger partial charge >= 0.3 is 0 Å². The number of carbonyl (C=O) groups excluding carboxylic acids is 6. The number of nitrogens with zero attached hydrogens (tertiary/aromatic N) is 2. The molecule has 2 aromatic rings. The van der Waals surface area contributed by atoms with Crippen molar-refractivity contribution in [3.63, 3.8) is 0 Å². The van der Waals surface area contributed by atoms with Crippen LogP contribution in [0.25, 0.3) is 6.08 Å². The Morgan fingerprint density at radius 2 is 1.39 bits per heavy atom. The lowest BCUT2D eigenvalue weighted by Gasteiger charge is -2.30. The molecule has 0 aliphatic carbocycles. The third kappa shape index (κ3) is 15.9. The summed E-state index contributed by atoms with van der Waals surface area (Å²) in [4.78, 5) is 85.0. The Hall–Kier alpha value is -5.64. The highest BCUT2D eigenvalue weighted by Crippen LogP contribution is 2.15. The zero-order chi connectivity index (χ0) is 40.2. The smallest absolute Gasteiger partial charge is 0.253 e. The average molecular weight is 752 g/mol. The summed E-state index contributed by atoms with van der Waals surface area (Å²) in [6, 6.07) is 9.23. The summed E-state index contributed by atoms with van der Waals surface area (Å²) in [7, 11) is 0. The second kappa shape index (κ2) is 23.1. The van der Waals surface area contributed by atoms with Crippen LogP contribution in [0.5, 0.6) is 0 Å². The molecule has 15 nitrogen and oxygen atoms in total. The molecule has 0 saturated carbocycles. The molecule has 16 heteroatoms. The van der Waals surface area contributed by atoms with Gasteiger partial charge in [-0.05, 0) is 80.3 Å². The average Bonchev–Trinajstić information content (AvgIpc) is 3.11. The van der Waals surface area contributed by atoms with Crippen LogP contribution in [-0.2, 0) is 35.2 Å². The van der Waals surface area contributed by atoms with Gasteiger partial charge in [0, 0.05) is 26.0 Å². The Morgan fingerprint density at radius 1 is 0.796 bits per heavy atom. The first-order valence-electron chi connectivity index (χ1n) is 17.9. The summed E-state index contributed by atoms with van der Waals surface area (Å²) < 4.78 is 13.8. The van der Waals surface area contributed by atoms with Crippen molar-refractivity contribution in [3.05, 3.63) is 77.6 Å². The van der Waals surface area contributed by atoms with E-state index in [2.05, 4.69) is 20.9 Å². The molecule has 0 aromatic heterocycles. The highest BCUT2D eigenvalue weighted by Gasteiger charge is 2.35. The normalized spacial score (nSPS) is 13.3. The minimum Gasteiger partial charge on any atom is -0.370 e. The molecule has 0 heterocycles. The van der Waals surface area contributed by atoms with Crippen molar-refractivity contribution in [2.24, 2.45) is 33.8 Å². The predicted octanol–water partition coefficient (Wildman–Crippen LogP) is 0.994. The minimum atomic E-state index is -1.45. The molecule has 2 rings (SSSR count). The van der Waals surface area contributed by atoms with Crippen molar-refractivity contribution in [1.29, 1.82) is 0 Å². The molecule has 11 N–H and O–H groups in total. The second-order valence-electron chi connectivity index (χ2n) is 13.3. The van der Waals surface area contributed by atoms with Gasteiger partial charge in [0.1, 0.15) is 30.0 Å². The van der Waals surface area contributed by atoms with Crippen LogP contribution in [0.15, 0.2) is 65.7 Å². The third-order valence-electron chi connectivity index (χ3n) is 8.28. The van der Waals surface area contributed by atoms with Crippen molar-refractivity contribution in [3.8, 4) is 0 Å². The van der Waals surface area contributed by atoms with Crippen LogP contribution in [0.3, 0.4) is 0 Å². The molecule has 0 bridgehead atoms. The number of nitrogens with two attached hydrogens (primary N) is 4. The molecule has 6 amide bonds. The summed E-state index contributed by atoms with van der Waals surface area (Å²) in [5.74, 6) is -5.24. The van der Waals surface area contributed by atoms with Crippen LogP contribution in [0.1, 0.15) is 70.4 Å². The van der Waals surface area contributed by atoms with E-state index in [4.69, 9.17) is 22.9 Å². The van der Waals surface area contributed by atoms with Gasteiger partial charge in [-0.15, -0.1) is 0 Å². The molecule has 54 heavy (non-hydrogen) atoms. The molecule has 0 aliphatic heterocycles. The largest absolute Gasteiger partial charge is 0.370 e. The van der Waals surface area contributed by atoms with Gasteiger partial charge < -0.3 is 38.9 Å². The number of halogens is 1. The van der Waals surface area contributed by atoms with Crippen LogP contribution in [0.4, 0.5) is 4.39 Å². The number of unbranched alkanes of at least 4 members (excludes halogenated alkanes) is 1. The number of hydrogen-bond donors (Lipinski definition) is 7. The maximum absolute atomic E-state index is 14.2. The second-order valence-corrected chi connectivity index (χ2v) is 13.3. The van der Waals surface area contributed by atoms with Gasteiger partial charge in [0.05, 0.1) is 0 Å². The maximum atomic E-state index is 14.2. The first-order chi connectivity index (χ1) is 25.6. The molecule has 294 valence electrons. The molecule has 0 aliphatic rings. The highest BCUT2D eigenvalue weighted by molar-refractivity contribution is 6.06. The highest BCUT2D eigenvalue weighted by atomic mass is 19.1. The Morgan fingerprint density at radius 3 is 1.96 bits per heavy atom. The number of primary amides is 1. The number of amides is 6. The molecule has 0 unspecified atom stereocenters. The fourth-order valence-electron chi connectivity index (χ4n) is 5.55. The molecular formula is C38H54FN9O6. The van der Waals surface area contributed by atoms with Crippen LogP contribution in [0, 0.1) is 11.7 Å². The topological polar surface area (TPSA) is 258 Å². The van der Waals surface area contributed by atoms with Crippen LogP contribution >= 0.6 is 0 Å². The SMILES string of the molecule is CC(=O)N(C(=O)/C=C/c1ccccc1)[C@@H](Cc1ccc(F)cc1)C(=O)N[C@@H](CCCCN)C(=O)N[C@@H](CC(C)C)C(=O)N[C@@H](CCCN=C(N)N)C(N)=O. The molecule has 0 radical (unpaired) electrons. The van der Waals surface area contributed by atoms with E-state index in [0.717, 1.165) is 11.8 Å². The van der Waals surface area contributed by atoms with Gasteiger partial charge in [0.15, 0.2) is 5.96 Å². The first kappa shape index (κ1) is 44.5. The molecule has 0 fully saturated rings. The van der Waals surface area contributed by atoms with Crippen LogP contribution < -0.4 is 38.9 Å². The molecular weight excluding hydrogens is 697 g/mol. The van der Waals surface area contributed by atoms with E-state index < -0.39 is 65.4 Å². The summed E-state index contributed by atoms with van der Waals surface area (Å²) in [5, 5.41) is 8.01. The number of guanidine groups is 1. The molecule has 0 saturated heterocycles. The van der Waals surface area contributed by atoms with Crippen LogP contribution in [-0.4, -0.2) is 83.6 Å². The van der Waals surface area contributed by atoms with Crippen molar-refractivity contribution in [1.82, 2.24) is 20.9 Å². The Balaban J connectivity index is 2.41. The Kier molecular flexibility index (Phi) is 19.1. The van der Waals surface area contributed by atoms with Gasteiger partial charge in [-0.25, -0.2) is 4.39 Å². The summed E-state index contributed by atoms with van der Waals surface area (Å²) in [5.41, 5.74) is 23.1. The minimum absolute atomic E-state index is 0.0839. The van der Waals surface area contributed by atoms with Gasteiger partial charge in [-0.2, -0.15) is 0 Å². The fraction of sp³-hybridized carbons (Fsp3) is 0.447. The molecule has 0 spiro atoms. The van der Waals surface area contributed by atoms with E-state index in [-0.39, 0.29) is 44.1 Å². The standard InChI is InChI=1S/C38H54FN9O6/c1-24(2)22-31(36(53)45-29(34(41)51)13-9-21-44-38(42)43)47-35(52)30(12-7-8-20-40)46-37(54)32(23-27-14-17-28(39)18-15-27)48(25(3)49)33(50)19-16-26-10-5-4-6-11-26/h4-6,10-11,14-19,24,29-32H,7-9,12-13,20-23,40H2,1-3H3,(H2,41,51)(H,45,53)(H,46,54)(H,47,52)(H4,42,43,44)/b19-16+/t29-,30-,31-,32-/m0/s1. The van der Waals surface area contributed by atoms with Crippen molar-refractivity contribution < 1.29 is 33.2 Å². The zero-order valence-electron chi connectivity index (χ0n) is 31.1. The fourth-order valence-corrected chi connectivity index (χ4v) is 5.55. The van der Waals surface area contributed by atoms with Gasteiger partial charge in [-0.1, -0.05) is 56.3 Å². The number of imide groups is 1. The quantitative estimate of drug-likeness (QED) is 0.0391. The molecule has 4 atom stereocenters. The lowest BCUT2D eigenvalue weighted by Crippen LogP contribution is -2.59. The first-order valence-corrected chi connectivity index (χ1v) is 17.9. The van der Waals surface area contributed by atoms with Crippen molar-refractivity contribution >= 4 is 47.5 Å². The molecule has 2 aromatic carbocycles. The number of benzene rings is 2.